The van der Waals surface area contributed by atoms with Gasteiger partial charge in [-0.15, -0.1) is 0 Å². The Labute approximate surface area is 85.0 Å². The first kappa shape index (κ1) is 12.9. The summed E-state index contributed by atoms with van der Waals surface area (Å²) in [7, 11) is -3.60. The molecule has 0 saturated carbocycles. The Balaban J connectivity index is 0.000000791. The van der Waals surface area contributed by atoms with Gasteiger partial charge in [0.05, 0.1) is 4.90 Å². The van der Waals surface area contributed by atoms with E-state index in [1.165, 1.54) is 18.2 Å². The molecule has 80 valence electrons. The number of rotatable bonds is 1. The van der Waals surface area contributed by atoms with E-state index in [-0.39, 0.29) is 4.90 Å². The van der Waals surface area contributed by atoms with E-state index in [1.807, 2.05) is 13.8 Å². The third-order valence-corrected chi connectivity index (χ3v) is 2.48. The highest BCUT2D eigenvalue weighted by atomic mass is 32.2. The molecule has 0 bridgehead atoms. The van der Waals surface area contributed by atoms with Gasteiger partial charge in [0.1, 0.15) is 0 Å². The van der Waals surface area contributed by atoms with Crippen molar-refractivity contribution in [1.82, 2.24) is 0 Å². The van der Waals surface area contributed by atoms with Crippen molar-refractivity contribution >= 4 is 15.7 Å². The van der Waals surface area contributed by atoms with Gasteiger partial charge in [-0.2, -0.15) is 0 Å². The van der Waals surface area contributed by atoms with Gasteiger partial charge < -0.3 is 5.73 Å². The molecule has 4 nitrogen and oxygen atoms in total. The van der Waals surface area contributed by atoms with Gasteiger partial charge in [-0.25, -0.2) is 13.6 Å². The number of sulfonamides is 1. The number of nitrogen functional groups attached to an aromatic ring is 1. The van der Waals surface area contributed by atoms with Gasteiger partial charge in [0.2, 0.25) is 10.0 Å². The average molecular weight is 216 g/mol. The molecule has 0 amide bonds. The molecule has 0 aliphatic heterocycles. The van der Waals surface area contributed by atoms with Crippen LogP contribution in [-0.2, 0) is 10.0 Å². The molecule has 1 rings (SSSR count). The van der Waals surface area contributed by atoms with Crippen molar-refractivity contribution < 1.29 is 8.42 Å². The number of hydrogen-bond acceptors (Lipinski definition) is 3. The fourth-order valence-corrected chi connectivity index (χ4v) is 1.42. The second-order valence-electron chi connectivity index (χ2n) is 2.56. The first-order chi connectivity index (χ1) is 6.41. The lowest BCUT2D eigenvalue weighted by Crippen LogP contribution is -2.12. The molecule has 0 saturated heterocycles. The zero-order chi connectivity index (χ0) is 11.4. The Morgan fingerprint density at radius 1 is 1.21 bits per heavy atom. The monoisotopic (exact) mass is 216 g/mol. The summed E-state index contributed by atoms with van der Waals surface area (Å²) >= 11 is 0. The van der Waals surface area contributed by atoms with Crippen molar-refractivity contribution in [1.29, 1.82) is 0 Å². The maximum absolute atomic E-state index is 10.8. The van der Waals surface area contributed by atoms with Crippen LogP contribution in [0.3, 0.4) is 0 Å². The van der Waals surface area contributed by atoms with Crippen LogP contribution in [0.2, 0.25) is 0 Å². The van der Waals surface area contributed by atoms with E-state index in [0.29, 0.717) is 11.3 Å². The number of hydrogen-bond donors (Lipinski definition) is 2. The number of aryl methyl sites for hydroxylation is 1. The van der Waals surface area contributed by atoms with Gasteiger partial charge in [0.25, 0.3) is 0 Å². The maximum Gasteiger partial charge on any atom is 0.238 e. The molecule has 0 radical (unpaired) electrons. The van der Waals surface area contributed by atoms with Crippen LogP contribution in [0.1, 0.15) is 19.4 Å². The second kappa shape index (κ2) is 4.97. The molecule has 0 spiro atoms. The van der Waals surface area contributed by atoms with Crippen molar-refractivity contribution in [2.45, 2.75) is 25.7 Å². The molecule has 0 aromatic heterocycles. The number of anilines is 1. The van der Waals surface area contributed by atoms with Crippen molar-refractivity contribution in [3.8, 4) is 0 Å². The van der Waals surface area contributed by atoms with Crippen LogP contribution in [-0.4, -0.2) is 8.42 Å². The van der Waals surface area contributed by atoms with E-state index in [4.69, 9.17) is 10.9 Å². The van der Waals surface area contributed by atoms with Crippen LogP contribution in [0.15, 0.2) is 23.1 Å². The maximum atomic E-state index is 10.8. The van der Waals surface area contributed by atoms with Crippen molar-refractivity contribution in [3.05, 3.63) is 23.8 Å². The first-order valence-electron chi connectivity index (χ1n) is 4.30. The molecule has 14 heavy (non-hydrogen) atoms. The minimum Gasteiger partial charge on any atom is -0.399 e. The van der Waals surface area contributed by atoms with Crippen LogP contribution >= 0.6 is 0 Å². The molecule has 0 heterocycles. The van der Waals surface area contributed by atoms with Crippen LogP contribution in [0.25, 0.3) is 0 Å². The van der Waals surface area contributed by atoms with Crippen LogP contribution < -0.4 is 10.9 Å². The predicted octanol–water partition coefficient (Wildman–Crippen LogP) is 1.25. The molecule has 0 unspecified atom stereocenters. The summed E-state index contributed by atoms with van der Waals surface area (Å²) in [5, 5.41) is 4.91. The van der Waals surface area contributed by atoms with Gasteiger partial charge in [-0.1, -0.05) is 13.8 Å². The Bertz CT molecular complexity index is 399. The van der Waals surface area contributed by atoms with Crippen LogP contribution in [0.5, 0.6) is 0 Å². The Morgan fingerprint density at radius 3 is 2.07 bits per heavy atom. The Hall–Kier alpha value is -1.07. The summed E-state index contributed by atoms with van der Waals surface area (Å²) in [6.07, 6.45) is 0. The highest BCUT2D eigenvalue weighted by Gasteiger charge is 2.07. The molecule has 1 aromatic carbocycles. The zero-order valence-corrected chi connectivity index (χ0v) is 9.43. The topological polar surface area (TPSA) is 86.2 Å². The lowest BCUT2D eigenvalue weighted by molar-refractivity contribution is 0.597. The Morgan fingerprint density at radius 2 is 1.71 bits per heavy atom. The largest absolute Gasteiger partial charge is 0.399 e. The summed E-state index contributed by atoms with van der Waals surface area (Å²) < 4.78 is 21.7. The number of benzene rings is 1. The summed E-state index contributed by atoms with van der Waals surface area (Å²) in [6, 6.07) is 4.36. The van der Waals surface area contributed by atoms with E-state index in [1.54, 1.807) is 6.92 Å². The molecule has 0 aliphatic carbocycles. The van der Waals surface area contributed by atoms with Gasteiger partial charge in [0.15, 0.2) is 0 Å². The minimum absolute atomic E-state index is 0.0919. The number of primary sulfonamides is 1. The van der Waals surface area contributed by atoms with Crippen LogP contribution in [0, 0.1) is 6.92 Å². The molecular formula is C9H16N2O2S. The zero-order valence-electron chi connectivity index (χ0n) is 8.61. The lowest BCUT2D eigenvalue weighted by atomic mass is 10.2. The van der Waals surface area contributed by atoms with E-state index in [0.717, 1.165) is 0 Å². The van der Waals surface area contributed by atoms with Crippen molar-refractivity contribution in [2.24, 2.45) is 5.14 Å². The standard InChI is InChI=1S/C7H10N2O2S.C2H6/c1-5-4-6(12(9,10)11)2-3-7(5)8;1-2/h2-4H,8H2,1H3,(H2,9,10,11);1-2H3. The molecule has 0 aliphatic rings. The van der Waals surface area contributed by atoms with Gasteiger partial charge in [-0.3, -0.25) is 0 Å². The summed E-state index contributed by atoms with van der Waals surface area (Å²) in [4.78, 5) is 0.0919. The highest BCUT2D eigenvalue weighted by molar-refractivity contribution is 7.89. The third-order valence-electron chi connectivity index (χ3n) is 1.57. The van der Waals surface area contributed by atoms with Gasteiger partial charge >= 0.3 is 0 Å². The quantitative estimate of drug-likeness (QED) is 0.693. The summed E-state index contributed by atoms with van der Waals surface area (Å²) in [5.74, 6) is 0. The van der Waals surface area contributed by atoms with Crippen molar-refractivity contribution in [3.63, 3.8) is 0 Å². The fraction of sp³-hybridized carbons (Fsp3) is 0.333. The van der Waals surface area contributed by atoms with Crippen LogP contribution in [0.4, 0.5) is 5.69 Å². The molecular weight excluding hydrogens is 200 g/mol. The highest BCUT2D eigenvalue weighted by Crippen LogP contribution is 2.15. The molecule has 0 atom stereocenters. The van der Waals surface area contributed by atoms with E-state index >= 15 is 0 Å². The predicted molar refractivity (Wildman–Crippen MR) is 58.3 cm³/mol. The molecule has 0 fully saturated rings. The second-order valence-corrected chi connectivity index (χ2v) is 4.12. The minimum atomic E-state index is -3.60. The van der Waals surface area contributed by atoms with E-state index in [2.05, 4.69) is 0 Å². The van der Waals surface area contributed by atoms with Gasteiger partial charge in [0, 0.05) is 5.69 Å². The lowest BCUT2D eigenvalue weighted by Gasteiger charge is -2.01. The SMILES string of the molecule is CC.Cc1cc(S(N)(=O)=O)ccc1N. The fourth-order valence-electron chi connectivity index (χ4n) is 0.825. The summed E-state index contributed by atoms with van der Waals surface area (Å²) in [6.45, 7) is 5.73. The molecule has 1 aromatic rings. The first-order valence-corrected chi connectivity index (χ1v) is 5.85. The Kier molecular flexibility index (Phi) is 4.59. The van der Waals surface area contributed by atoms with E-state index < -0.39 is 10.0 Å². The van der Waals surface area contributed by atoms with Crippen molar-refractivity contribution in [2.75, 3.05) is 5.73 Å². The molecule has 5 heteroatoms. The summed E-state index contributed by atoms with van der Waals surface area (Å²) in [5.41, 5.74) is 6.76. The van der Waals surface area contributed by atoms with Gasteiger partial charge in [-0.05, 0) is 30.7 Å². The number of nitrogens with two attached hydrogens (primary N) is 2. The smallest absolute Gasteiger partial charge is 0.238 e. The normalized spacial score (nSPS) is 10.3. The molecule has 4 N–H and O–H groups in total. The van der Waals surface area contributed by atoms with E-state index in [9.17, 15) is 8.42 Å². The third kappa shape index (κ3) is 3.35. The average Bonchev–Trinajstić information content (AvgIpc) is 2.11.